The van der Waals surface area contributed by atoms with Crippen molar-refractivity contribution >= 4 is 0 Å². The number of β-amino-alcohol motifs (C(OH)–C–C–N with tert-alkyl or cyclic N) is 1. The number of aliphatic hydroxyl groups excluding tert-OH is 1. The second-order valence-electron chi connectivity index (χ2n) is 6.42. The van der Waals surface area contributed by atoms with Crippen LogP contribution in [0.2, 0.25) is 0 Å². The van der Waals surface area contributed by atoms with Gasteiger partial charge in [0.15, 0.2) is 0 Å². The van der Waals surface area contributed by atoms with E-state index in [0.29, 0.717) is 19.7 Å². The highest BCUT2D eigenvalue weighted by molar-refractivity contribution is 5.20. The number of hydrogen-bond acceptors (Lipinski definition) is 6. The van der Waals surface area contributed by atoms with Gasteiger partial charge in [-0.05, 0) is 26.0 Å². The van der Waals surface area contributed by atoms with Crippen LogP contribution in [0.5, 0.6) is 5.75 Å². The summed E-state index contributed by atoms with van der Waals surface area (Å²) in [6.45, 7) is 7.61. The maximum atomic E-state index is 10.3. The van der Waals surface area contributed by atoms with Crippen molar-refractivity contribution in [3.8, 4) is 5.75 Å². The minimum Gasteiger partial charge on any atom is -0.491 e. The number of aliphatic hydroxyl groups is 1. The highest BCUT2D eigenvalue weighted by Crippen LogP contribution is 2.11. The molecule has 0 spiro atoms. The van der Waals surface area contributed by atoms with Crippen molar-refractivity contribution in [1.82, 2.24) is 19.7 Å². The first-order chi connectivity index (χ1) is 12.1. The first kappa shape index (κ1) is 17.8. The average Bonchev–Trinajstić information content (AvgIpc) is 2.91. The number of aryl methyl sites for hydroxylation is 2. The SMILES string of the molecule is Cc1nc(C)n(C[C@@H]2CN(C[C@H](O)COc3ccccc3)CCO2)n1. The lowest BCUT2D eigenvalue weighted by molar-refractivity contribution is -0.0519. The van der Waals surface area contributed by atoms with Crippen molar-refractivity contribution in [2.45, 2.75) is 32.6 Å². The van der Waals surface area contributed by atoms with Crippen molar-refractivity contribution in [1.29, 1.82) is 0 Å². The summed E-state index contributed by atoms with van der Waals surface area (Å²) in [5, 5.41) is 14.6. The van der Waals surface area contributed by atoms with Crippen molar-refractivity contribution in [2.75, 3.05) is 32.8 Å². The van der Waals surface area contributed by atoms with Crippen molar-refractivity contribution in [3.05, 3.63) is 42.0 Å². The Balaban J connectivity index is 1.45. The quantitative estimate of drug-likeness (QED) is 0.807. The molecule has 0 radical (unpaired) electrons. The number of benzene rings is 1. The molecule has 0 amide bonds. The number of ether oxygens (including phenoxy) is 2. The molecule has 1 saturated heterocycles. The van der Waals surface area contributed by atoms with E-state index < -0.39 is 6.10 Å². The minimum absolute atomic E-state index is 0.0517. The van der Waals surface area contributed by atoms with E-state index in [1.165, 1.54) is 0 Å². The Morgan fingerprint density at radius 3 is 2.84 bits per heavy atom. The van der Waals surface area contributed by atoms with Crippen LogP contribution in [0.3, 0.4) is 0 Å². The maximum Gasteiger partial charge on any atom is 0.147 e. The van der Waals surface area contributed by atoms with E-state index in [0.717, 1.165) is 30.5 Å². The zero-order valence-corrected chi connectivity index (χ0v) is 14.8. The molecule has 2 heterocycles. The highest BCUT2D eigenvalue weighted by atomic mass is 16.5. The van der Waals surface area contributed by atoms with Gasteiger partial charge in [-0.3, -0.25) is 4.90 Å². The summed E-state index contributed by atoms with van der Waals surface area (Å²) >= 11 is 0. The molecule has 0 bridgehead atoms. The first-order valence-electron chi connectivity index (χ1n) is 8.68. The average molecular weight is 346 g/mol. The molecule has 0 unspecified atom stereocenters. The van der Waals surface area contributed by atoms with Crippen LogP contribution in [0.4, 0.5) is 0 Å². The number of aromatic nitrogens is 3. The molecule has 0 saturated carbocycles. The standard InChI is InChI=1S/C18H26N4O3/c1-14-19-15(2)22(20-14)12-18-11-21(8-9-24-18)10-16(23)13-25-17-6-4-3-5-7-17/h3-7,16,18,23H,8-13H2,1-2H3/t16-,18-/m0/s1. The Bertz CT molecular complexity index is 662. The van der Waals surface area contributed by atoms with E-state index in [-0.39, 0.29) is 12.7 Å². The van der Waals surface area contributed by atoms with E-state index in [1.807, 2.05) is 48.9 Å². The molecule has 3 rings (SSSR count). The van der Waals surface area contributed by atoms with Gasteiger partial charge in [0.1, 0.15) is 30.1 Å². The lowest BCUT2D eigenvalue weighted by Crippen LogP contribution is -2.47. The van der Waals surface area contributed by atoms with Crippen molar-refractivity contribution < 1.29 is 14.6 Å². The normalized spacial score (nSPS) is 19.7. The predicted octanol–water partition coefficient (Wildman–Crippen LogP) is 1.04. The van der Waals surface area contributed by atoms with Gasteiger partial charge >= 0.3 is 0 Å². The molecule has 1 fully saturated rings. The summed E-state index contributed by atoms with van der Waals surface area (Å²) in [7, 11) is 0. The summed E-state index contributed by atoms with van der Waals surface area (Å²) < 4.78 is 13.4. The molecular weight excluding hydrogens is 320 g/mol. The highest BCUT2D eigenvalue weighted by Gasteiger charge is 2.23. The second kappa shape index (κ2) is 8.42. The molecule has 1 aliphatic rings. The molecule has 7 heteroatoms. The number of morpholine rings is 1. The van der Waals surface area contributed by atoms with E-state index in [1.54, 1.807) is 0 Å². The van der Waals surface area contributed by atoms with E-state index in [4.69, 9.17) is 9.47 Å². The Kier molecular flexibility index (Phi) is 6.01. The molecule has 2 aromatic rings. The topological polar surface area (TPSA) is 72.6 Å². The van der Waals surface area contributed by atoms with Gasteiger partial charge in [-0.15, -0.1) is 0 Å². The zero-order chi connectivity index (χ0) is 17.6. The fraction of sp³-hybridized carbons (Fsp3) is 0.556. The van der Waals surface area contributed by atoms with Gasteiger partial charge in [0.25, 0.3) is 0 Å². The minimum atomic E-state index is -0.533. The Hall–Kier alpha value is -1.96. The second-order valence-corrected chi connectivity index (χ2v) is 6.42. The summed E-state index contributed by atoms with van der Waals surface area (Å²) in [5.74, 6) is 2.45. The van der Waals surface area contributed by atoms with Crippen LogP contribution in [0.25, 0.3) is 0 Å². The fourth-order valence-electron chi connectivity index (χ4n) is 3.04. The Labute approximate surface area is 148 Å². The van der Waals surface area contributed by atoms with Crippen LogP contribution in [0.1, 0.15) is 11.6 Å². The summed E-state index contributed by atoms with van der Waals surface area (Å²) in [5.41, 5.74) is 0. The number of nitrogens with zero attached hydrogens (tertiary/aromatic N) is 4. The number of para-hydroxylation sites is 1. The van der Waals surface area contributed by atoms with Gasteiger partial charge in [0.05, 0.1) is 19.3 Å². The van der Waals surface area contributed by atoms with Crippen LogP contribution in [0.15, 0.2) is 30.3 Å². The fourth-order valence-corrected chi connectivity index (χ4v) is 3.04. The van der Waals surface area contributed by atoms with Gasteiger partial charge in [-0.2, -0.15) is 5.10 Å². The molecule has 136 valence electrons. The van der Waals surface area contributed by atoms with Crippen LogP contribution >= 0.6 is 0 Å². The van der Waals surface area contributed by atoms with Crippen LogP contribution in [-0.2, 0) is 11.3 Å². The Morgan fingerprint density at radius 1 is 1.32 bits per heavy atom. The van der Waals surface area contributed by atoms with Crippen LogP contribution in [0, 0.1) is 13.8 Å². The van der Waals surface area contributed by atoms with Crippen LogP contribution in [-0.4, -0.2) is 69.8 Å². The molecule has 1 N–H and O–H groups in total. The Morgan fingerprint density at radius 2 is 2.12 bits per heavy atom. The third-order valence-electron chi connectivity index (χ3n) is 4.22. The predicted molar refractivity (Wildman–Crippen MR) is 93.6 cm³/mol. The molecule has 1 aromatic carbocycles. The van der Waals surface area contributed by atoms with Gasteiger partial charge in [-0.1, -0.05) is 18.2 Å². The maximum absolute atomic E-state index is 10.3. The van der Waals surface area contributed by atoms with E-state index >= 15 is 0 Å². The molecule has 1 aromatic heterocycles. The molecule has 7 nitrogen and oxygen atoms in total. The van der Waals surface area contributed by atoms with Gasteiger partial charge in [0, 0.05) is 19.6 Å². The largest absolute Gasteiger partial charge is 0.491 e. The summed E-state index contributed by atoms with van der Waals surface area (Å²) in [6, 6.07) is 9.56. The lowest BCUT2D eigenvalue weighted by Gasteiger charge is -2.34. The number of rotatable bonds is 7. The first-order valence-corrected chi connectivity index (χ1v) is 8.68. The molecular formula is C18H26N4O3. The van der Waals surface area contributed by atoms with E-state index in [9.17, 15) is 5.11 Å². The lowest BCUT2D eigenvalue weighted by atomic mass is 10.2. The third kappa shape index (κ3) is 5.26. The third-order valence-corrected chi connectivity index (χ3v) is 4.22. The van der Waals surface area contributed by atoms with Crippen LogP contribution < -0.4 is 4.74 Å². The summed E-state index contributed by atoms with van der Waals surface area (Å²) in [4.78, 5) is 6.54. The van der Waals surface area contributed by atoms with Gasteiger partial charge < -0.3 is 14.6 Å². The summed E-state index contributed by atoms with van der Waals surface area (Å²) in [6.07, 6.45) is -0.481. The monoisotopic (exact) mass is 346 g/mol. The molecule has 2 atom stereocenters. The van der Waals surface area contributed by atoms with Gasteiger partial charge in [-0.25, -0.2) is 9.67 Å². The van der Waals surface area contributed by atoms with E-state index in [2.05, 4.69) is 15.0 Å². The molecule has 1 aliphatic heterocycles. The number of hydrogen-bond donors (Lipinski definition) is 1. The molecule has 25 heavy (non-hydrogen) atoms. The van der Waals surface area contributed by atoms with Gasteiger partial charge in [0.2, 0.25) is 0 Å². The smallest absolute Gasteiger partial charge is 0.147 e. The van der Waals surface area contributed by atoms with Crippen molar-refractivity contribution in [3.63, 3.8) is 0 Å². The zero-order valence-electron chi connectivity index (χ0n) is 14.8. The van der Waals surface area contributed by atoms with Crippen molar-refractivity contribution in [2.24, 2.45) is 0 Å². The molecule has 0 aliphatic carbocycles.